The summed E-state index contributed by atoms with van der Waals surface area (Å²) in [6, 6.07) is 43.6. The van der Waals surface area contributed by atoms with Crippen LogP contribution < -0.4 is 5.82 Å². The van der Waals surface area contributed by atoms with Crippen LogP contribution in [0.25, 0.3) is 67.1 Å². The Balaban J connectivity index is 0.000000180. The zero-order valence-electron chi connectivity index (χ0n) is 45.5. The molecule has 5 heterocycles. The van der Waals surface area contributed by atoms with Gasteiger partial charge in [0.2, 0.25) is 5.82 Å². The van der Waals surface area contributed by atoms with Gasteiger partial charge in [0.1, 0.15) is 28.8 Å². The lowest BCUT2D eigenvalue weighted by atomic mass is 9.98. The van der Waals surface area contributed by atoms with E-state index in [1.165, 1.54) is 0 Å². The zero-order chi connectivity index (χ0) is 56.2. The number of carboxylic acid groups (broad SMARTS) is 1. The Morgan fingerprint density at radius 3 is 1.93 bits per heavy atom. The number of aromatic nitrogens is 10. The van der Waals surface area contributed by atoms with Crippen molar-refractivity contribution in [3.8, 4) is 45.0 Å². The number of aromatic carboxylic acids is 1. The first-order valence-electron chi connectivity index (χ1n) is 26.4. The molecule has 0 atom stereocenters. The molecule has 0 saturated carbocycles. The molecular weight excluding hydrogens is 1010 g/mol. The van der Waals surface area contributed by atoms with Gasteiger partial charge >= 0.3 is 17.8 Å². The highest BCUT2D eigenvalue weighted by atomic mass is 16.6. The predicted octanol–water partition coefficient (Wildman–Crippen LogP) is 11.4. The summed E-state index contributed by atoms with van der Waals surface area (Å²) in [7, 11) is 2.06. The molecule has 80 heavy (non-hydrogen) atoms. The van der Waals surface area contributed by atoms with Crippen molar-refractivity contribution in [2.75, 3.05) is 0 Å². The first-order valence-corrected chi connectivity index (χ1v) is 26.4. The molecule has 6 aromatic carbocycles. The molecule has 0 aliphatic heterocycles. The predicted molar refractivity (Wildman–Crippen MR) is 303 cm³/mol. The number of imidazole rings is 3. The highest BCUT2D eigenvalue weighted by molar-refractivity contribution is 5.96. The van der Waals surface area contributed by atoms with Gasteiger partial charge in [0.15, 0.2) is 23.8 Å². The first kappa shape index (κ1) is 53.8. The average molecular weight is 1070 g/mol. The number of para-hydroxylation sites is 2. The second-order valence-electron chi connectivity index (χ2n) is 20.2. The summed E-state index contributed by atoms with van der Waals surface area (Å²) >= 11 is 0. The molecule has 0 bridgehead atoms. The maximum Gasteiger partial charge on any atom is 0.519 e. The SMILES string of the molecule is CCCc1nc(C(C)(C)O)c(C(=O)OCc2oc(=O)oc2C)n1Cc1ccc(-c2ccccc2-c2nn[nH]n2)cc1.CCCc1nc2c(C)cc(-c3nc4ccccc4n3C)cc2n1Cc1ccc(-c2ccccc2C(=O)O)cc1. The van der Waals surface area contributed by atoms with E-state index in [0.29, 0.717) is 36.7 Å². The lowest BCUT2D eigenvalue weighted by Gasteiger charge is -2.17. The van der Waals surface area contributed by atoms with Crippen LogP contribution in [0.3, 0.4) is 0 Å². The number of carboxylic acids is 1. The van der Waals surface area contributed by atoms with Crippen LogP contribution in [0.15, 0.2) is 147 Å². The second-order valence-corrected chi connectivity index (χ2v) is 20.2. The number of hydrogen-bond donors (Lipinski definition) is 3. The monoisotopic (exact) mass is 1070 g/mol. The number of esters is 1. The van der Waals surface area contributed by atoms with Crippen molar-refractivity contribution in [3.63, 3.8) is 0 Å². The quantitative estimate of drug-likeness (QED) is 0.0720. The number of aromatic amines is 1. The summed E-state index contributed by atoms with van der Waals surface area (Å²) in [5.74, 6) is 1.00. The topological polar surface area (TPSA) is 235 Å². The van der Waals surface area contributed by atoms with E-state index < -0.39 is 23.4 Å². The molecule has 5 aromatic heterocycles. The number of benzene rings is 6. The van der Waals surface area contributed by atoms with E-state index in [2.05, 4.69) is 86.0 Å². The van der Waals surface area contributed by atoms with E-state index >= 15 is 0 Å². The number of hydrogen-bond acceptors (Lipinski definition) is 13. The second kappa shape index (κ2) is 22.8. The van der Waals surface area contributed by atoms with E-state index in [4.69, 9.17) is 23.5 Å². The van der Waals surface area contributed by atoms with Crippen LogP contribution in [0.2, 0.25) is 0 Å². The normalized spacial score (nSPS) is 11.6. The molecule has 0 aliphatic carbocycles. The number of nitrogens with zero attached hydrogens (tertiary/aromatic N) is 9. The highest BCUT2D eigenvalue weighted by Gasteiger charge is 2.33. The Labute approximate surface area is 460 Å². The molecule has 0 saturated heterocycles. The third-order valence-electron chi connectivity index (χ3n) is 14.0. The van der Waals surface area contributed by atoms with Gasteiger partial charge in [-0.25, -0.2) is 29.3 Å². The van der Waals surface area contributed by atoms with Gasteiger partial charge in [-0.05, 0) is 115 Å². The maximum atomic E-state index is 13.5. The first-order chi connectivity index (χ1) is 38.6. The Hall–Kier alpha value is -9.55. The number of aryl methyl sites for hydroxylation is 5. The van der Waals surface area contributed by atoms with E-state index in [0.717, 1.165) is 103 Å². The number of ether oxygens (including phenoxy) is 1. The molecule has 0 unspecified atom stereocenters. The van der Waals surface area contributed by atoms with Crippen molar-refractivity contribution in [1.82, 2.24) is 49.3 Å². The molecule has 18 nitrogen and oxygen atoms in total. The van der Waals surface area contributed by atoms with E-state index in [9.17, 15) is 24.6 Å². The van der Waals surface area contributed by atoms with Crippen LogP contribution in [-0.4, -0.2) is 71.4 Å². The van der Waals surface area contributed by atoms with E-state index in [1.807, 2.05) is 97.9 Å². The number of rotatable bonds is 17. The smallest absolute Gasteiger partial charge is 0.478 e. The molecule has 0 amide bonds. The fraction of sp³-hybridized carbons (Fsp3) is 0.242. The number of H-pyrrole nitrogens is 1. The van der Waals surface area contributed by atoms with Crippen molar-refractivity contribution in [1.29, 1.82) is 0 Å². The van der Waals surface area contributed by atoms with Crippen LogP contribution in [0.5, 0.6) is 0 Å². The standard InChI is InChI=1S/C33H30N4O2.C29H30N6O6/c1-4-9-30-35-31-21(2)18-24(32-34-27-12-7-8-13-28(27)36(32)3)19-29(31)37(30)20-22-14-16-23(17-15-22)25-10-5-6-11-26(25)33(38)39;1-5-8-23-30-25(29(3,4)38)24(27(36)39-16-22-17(2)40-28(37)41-22)35(23)15-18-11-13-19(14-12-18)20-9-6-7-10-21(20)26-31-33-34-32-26/h5-8,10-19H,4,9,20H2,1-3H3,(H,38,39);6-7,9-14,38H,5,8,15-16H2,1-4H3,(H,31,32,33,34). The molecule has 3 N–H and O–H groups in total. The van der Waals surface area contributed by atoms with Gasteiger partial charge in [0, 0.05) is 44.1 Å². The number of fused-ring (bicyclic) bond motifs is 2. The van der Waals surface area contributed by atoms with Crippen molar-refractivity contribution in [2.24, 2.45) is 7.05 Å². The Morgan fingerprint density at radius 1 is 0.700 bits per heavy atom. The van der Waals surface area contributed by atoms with Crippen molar-refractivity contribution in [2.45, 2.75) is 92.5 Å². The van der Waals surface area contributed by atoms with Crippen LogP contribution >= 0.6 is 0 Å². The molecule has 0 aliphatic rings. The average Bonchev–Trinajstić information content (AvgIpc) is 4.47. The molecule has 0 radical (unpaired) electrons. The van der Waals surface area contributed by atoms with Gasteiger partial charge in [-0.15, -0.1) is 10.2 Å². The minimum absolute atomic E-state index is 0.115. The Kier molecular flexibility index (Phi) is 15.3. The lowest BCUT2D eigenvalue weighted by Crippen LogP contribution is -2.23. The van der Waals surface area contributed by atoms with Crippen molar-refractivity contribution < 1.29 is 33.4 Å². The van der Waals surface area contributed by atoms with Gasteiger partial charge in [-0.1, -0.05) is 117 Å². The largest absolute Gasteiger partial charge is 0.519 e. The molecule has 18 heteroatoms. The minimum Gasteiger partial charge on any atom is -0.478 e. The molecule has 406 valence electrons. The molecule has 11 rings (SSSR count). The fourth-order valence-electron chi connectivity index (χ4n) is 10.1. The molecule has 0 fully saturated rings. The maximum absolute atomic E-state index is 13.5. The summed E-state index contributed by atoms with van der Waals surface area (Å²) < 4.78 is 21.6. The number of nitrogens with one attached hydrogen (secondary N) is 1. The lowest BCUT2D eigenvalue weighted by molar-refractivity contribution is 0.0395. The Bertz CT molecular complexity index is 4080. The van der Waals surface area contributed by atoms with Gasteiger partial charge < -0.3 is 37.5 Å². The fourth-order valence-corrected chi connectivity index (χ4v) is 10.1. The van der Waals surface area contributed by atoms with Gasteiger partial charge in [-0.3, -0.25) is 0 Å². The van der Waals surface area contributed by atoms with Crippen molar-refractivity contribution in [3.05, 3.63) is 201 Å². The number of tetrazole rings is 1. The third kappa shape index (κ3) is 11.1. The van der Waals surface area contributed by atoms with Crippen molar-refractivity contribution >= 4 is 34.0 Å². The van der Waals surface area contributed by atoms with E-state index in [-0.39, 0.29) is 29.5 Å². The summed E-state index contributed by atoms with van der Waals surface area (Å²) in [5.41, 5.74) is 12.1. The van der Waals surface area contributed by atoms with Crippen LogP contribution in [0.1, 0.15) is 107 Å². The summed E-state index contributed by atoms with van der Waals surface area (Å²) in [6.07, 6.45) is 3.26. The summed E-state index contributed by atoms with van der Waals surface area (Å²) in [6.45, 7) is 11.7. The number of aliphatic hydroxyl groups is 1. The van der Waals surface area contributed by atoms with Gasteiger partial charge in [0.05, 0.1) is 27.6 Å². The Morgan fingerprint density at radius 2 is 1.31 bits per heavy atom. The summed E-state index contributed by atoms with van der Waals surface area (Å²) in [5, 5.41) is 34.9. The van der Waals surface area contributed by atoms with Gasteiger partial charge in [0.25, 0.3) is 0 Å². The number of carbonyl (C=O) groups is 2. The number of carbonyl (C=O) groups excluding carboxylic acids is 1. The molecular formula is C62H60N10O8. The third-order valence-corrected chi connectivity index (χ3v) is 14.0. The molecule has 11 aromatic rings. The minimum atomic E-state index is -1.41. The van der Waals surface area contributed by atoms with E-state index in [1.54, 1.807) is 37.5 Å². The molecule has 0 spiro atoms. The van der Waals surface area contributed by atoms with Crippen LogP contribution in [-0.2, 0) is 49.9 Å². The highest BCUT2D eigenvalue weighted by Crippen LogP contribution is 2.34. The van der Waals surface area contributed by atoms with Crippen LogP contribution in [0.4, 0.5) is 0 Å². The summed E-state index contributed by atoms with van der Waals surface area (Å²) in [4.78, 5) is 51.2. The van der Waals surface area contributed by atoms with Crippen LogP contribution in [0, 0.1) is 13.8 Å². The zero-order valence-corrected chi connectivity index (χ0v) is 45.5. The van der Waals surface area contributed by atoms with Gasteiger partial charge in [-0.2, -0.15) is 5.21 Å².